The van der Waals surface area contributed by atoms with Gasteiger partial charge < -0.3 is 108 Å². The van der Waals surface area contributed by atoms with E-state index in [2.05, 4.69) is 78.8 Å². The fourth-order valence-corrected chi connectivity index (χ4v) is 13.1. The van der Waals surface area contributed by atoms with Gasteiger partial charge in [-0.3, -0.25) is 72.1 Å². The zero-order chi connectivity index (χ0) is 80.6. The summed E-state index contributed by atoms with van der Waals surface area (Å²) < 4.78 is 0. The molecule has 0 radical (unpaired) electrons. The van der Waals surface area contributed by atoms with Crippen molar-refractivity contribution in [2.45, 2.75) is 185 Å². The second kappa shape index (κ2) is 44.4. The second-order valence-corrected chi connectivity index (χ2v) is 28.5. The summed E-state index contributed by atoms with van der Waals surface area (Å²) in [7, 11) is 0. The van der Waals surface area contributed by atoms with Crippen LogP contribution in [0.4, 0.5) is 0 Å². The highest BCUT2D eigenvalue weighted by Gasteiger charge is 2.38. The molecule has 0 spiro atoms. The van der Waals surface area contributed by atoms with E-state index in [1.807, 2.05) is 6.92 Å². The zero-order valence-electron chi connectivity index (χ0n) is 62.5. The van der Waals surface area contributed by atoms with Crippen molar-refractivity contribution >= 4 is 122 Å². The lowest BCUT2D eigenvalue weighted by atomic mass is 9.96. The fraction of sp³-hybridized carbons (Fsp3) is 0.500. The molecule has 0 saturated carbocycles. The molecule has 1 aliphatic heterocycles. The molecule has 110 heavy (non-hydrogen) atoms. The SMILES string of the molecule is CCCC[C@@H]1NC(=O)[C@H](Cc2c[nH]c3ccccc23)NC(=O)[C@H](CC(N)=O)NC(=O)[C@H](CCCN=C(N)N)NC(=O)CNC(=O)[C@H](CO)NC(=O)[C@H]([C@@H](C)CC)NC(=O)[C@H](Cc2ccccc2)NC(=O)CSC[C@@H](C(N)=O)NC(=O)[C@H](C(C)C)NC(=O)[C@H](Cc2c[nH]c3ccccc23)NC(=O)[C@H](CCCCN)NC1=O. The maximum atomic E-state index is 15.1. The van der Waals surface area contributed by atoms with E-state index in [0.717, 1.165) is 11.8 Å². The first-order valence-corrected chi connectivity index (χ1v) is 38.0. The number of benzene rings is 3. The van der Waals surface area contributed by atoms with Gasteiger partial charge in [-0.2, -0.15) is 0 Å². The molecule has 1 aliphatic rings. The van der Waals surface area contributed by atoms with Crippen LogP contribution in [0.15, 0.2) is 96.2 Å². The monoisotopic (exact) mass is 1550 g/mol. The Morgan fingerprint density at radius 3 is 1.49 bits per heavy atom. The van der Waals surface area contributed by atoms with Crippen molar-refractivity contribution in [1.82, 2.24) is 73.8 Å². The summed E-state index contributed by atoms with van der Waals surface area (Å²) in [5, 5.41) is 43.2. The number of thioether (sulfide) groups is 1. The van der Waals surface area contributed by atoms with E-state index >= 15 is 9.59 Å². The van der Waals surface area contributed by atoms with Gasteiger partial charge in [0.25, 0.3) is 0 Å². The molecule has 35 nitrogen and oxygen atoms in total. The molecule has 25 N–H and O–H groups in total. The molecule has 0 bridgehead atoms. The summed E-state index contributed by atoms with van der Waals surface area (Å²) >= 11 is 0.867. The number of nitrogens with one attached hydrogen (secondary N) is 14. The molecule has 5 aromatic rings. The lowest BCUT2D eigenvalue weighted by Crippen LogP contribution is -2.61. The number of hydrogen-bond donors (Lipinski definition) is 20. The normalized spacial score (nSPS) is 23.3. The molecule has 598 valence electrons. The number of primary amides is 2. The van der Waals surface area contributed by atoms with Gasteiger partial charge in [0, 0.05) is 65.8 Å². The molecular formula is C74H106N20O15S. The number of fused-ring (bicyclic) bond motifs is 2. The number of H-pyrrole nitrogens is 2. The van der Waals surface area contributed by atoms with Crippen LogP contribution >= 0.6 is 11.8 Å². The number of carbonyl (C=O) groups excluding carboxylic acids is 14. The molecule has 2 aromatic heterocycles. The number of unbranched alkanes of at least 4 members (excludes halogenated alkanes) is 2. The number of hydrogen-bond acceptors (Lipinski definition) is 18. The van der Waals surface area contributed by atoms with E-state index in [1.54, 1.807) is 119 Å². The zero-order valence-corrected chi connectivity index (χ0v) is 63.3. The first kappa shape index (κ1) is 87.8. The fourth-order valence-electron chi connectivity index (χ4n) is 12.2. The van der Waals surface area contributed by atoms with Gasteiger partial charge in [0.1, 0.15) is 66.5 Å². The van der Waals surface area contributed by atoms with Crippen LogP contribution in [0.3, 0.4) is 0 Å². The molecule has 6 rings (SSSR count). The number of nitrogens with two attached hydrogens (primary N) is 5. The first-order valence-electron chi connectivity index (χ1n) is 36.8. The smallest absolute Gasteiger partial charge is 0.245 e. The van der Waals surface area contributed by atoms with Crippen LogP contribution in [0, 0.1) is 11.8 Å². The number of guanidine groups is 1. The van der Waals surface area contributed by atoms with Crippen molar-refractivity contribution < 1.29 is 72.2 Å². The van der Waals surface area contributed by atoms with Crippen LogP contribution in [0.2, 0.25) is 0 Å². The van der Waals surface area contributed by atoms with Gasteiger partial charge in [-0.15, -0.1) is 11.8 Å². The number of nitrogens with zero attached hydrogens (tertiary/aromatic N) is 1. The molecule has 12 atom stereocenters. The number of aromatic amines is 2. The average molecular weight is 1550 g/mol. The Labute approximate surface area is 641 Å². The Hall–Kier alpha value is -11.1. The molecule has 3 aromatic carbocycles. The Morgan fingerprint density at radius 2 is 0.964 bits per heavy atom. The number of rotatable bonds is 24. The number of carbonyl (C=O) groups is 14. The average Bonchev–Trinajstić information content (AvgIpc) is 1.64. The summed E-state index contributed by atoms with van der Waals surface area (Å²) in [6.07, 6.45) is 3.38. The van der Waals surface area contributed by atoms with Gasteiger partial charge in [0.05, 0.1) is 25.3 Å². The van der Waals surface area contributed by atoms with Gasteiger partial charge in [0.15, 0.2) is 5.96 Å². The second-order valence-electron chi connectivity index (χ2n) is 27.5. The number of amides is 14. The van der Waals surface area contributed by atoms with Gasteiger partial charge in [-0.05, 0) is 85.7 Å². The molecular weight excluding hydrogens is 1440 g/mol. The van der Waals surface area contributed by atoms with Crippen molar-refractivity contribution in [3.05, 3.63) is 108 Å². The highest BCUT2D eigenvalue weighted by Crippen LogP contribution is 2.23. The van der Waals surface area contributed by atoms with Gasteiger partial charge in [-0.1, -0.05) is 121 Å². The summed E-state index contributed by atoms with van der Waals surface area (Å²) in [4.78, 5) is 210. The van der Waals surface area contributed by atoms with Gasteiger partial charge in [0.2, 0.25) is 82.7 Å². The van der Waals surface area contributed by atoms with Crippen LogP contribution < -0.4 is 92.5 Å². The number of aliphatic hydroxyl groups excluding tert-OH is 1. The van der Waals surface area contributed by atoms with E-state index in [9.17, 15) is 62.6 Å². The third-order valence-corrected chi connectivity index (χ3v) is 19.6. The highest BCUT2D eigenvalue weighted by atomic mass is 32.2. The third kappa shape index (κ3) is 27.5. The third-order valence-electron chi connectivity index (χ3n) is 18.5. The predicted octanol–water partition coefficient (Wildman–Crippen LogP) is -2.70. The van der Waals surface area contributed by atoms with Gasteiger partial charge >= 0.3 is 0 Å². The molecule has 1 fully saturated rings. The molecule has 14 amide bonds. The number of para-hydroxylation sites is 2. The van der Waals surface area contributed by atoms with Crippen molar-refractivity contribution in [3.8, 4) is 0 Å². The van der Waals surface area contributed by atoms with Crippen molar-refractivity contribution in [1.29, 1.82) is 0 Å². The number of aromatic nitrogens is 2. The Morgan fingerprint density at radius 1 is 0.500 bits per heavy atom. The van der Waals surface area contributed by atoms with E-state index in [0.29, 0.717) is 57.8 Å². The lowest BCUT2D eigenvalue weighted by Gasteiger charge is -2.29. The largest absolute Gasteiger partial charge is 0.394 e. The molecule has 0 aliphatic carbocycles. The first-order chi connectivity index (χ1) is 52.5. The van der Waals surface area contributed by atoms with Crippen LogP contribution in [-0.4, -0.2) is 208 Å². The standard InChI is InChI=1S/C74H106N20O15S/c1-6-8-23-50-66(102)86-51(26-16-17-28-75)67(103)88-54(32-44-35-82-48-25-15-13-22-46(44)48)71(107)93-61(40(3)4)72(108)92-57(63(77)99)38-110-39-60(98)85-52(30-42-19-10-9-11-20-42)70(106)94-62(41(5)7-2)73(109)91-56(37-95)64(100)83-36-59(97)84-49(27-18-29-80-74(78)79)65(101)90-55(33-58(76)96)69(105)89-53(68(104)87-50)31-43-34-81-47-24-14-12-21-45(43)47/h9-15,19-22,24-25,34-35,40-41,49-57,61-62,81-82,95H,6-8,16-18,23,26-33,36-39,75H2,1-5H3,(H2,76,96)(H2,77,99)(H,83,100)(H,84,97)(H,85,98)(H,86,102)(H,87,104)(H,88,103)(H,89,105)(H,90,101)(H,91,109)(H,92,108)(H,93,107)(H,94,106)(H4,78,79,80)/t41-,49-,50-,51-,52-,53-,54-,55-,56-,57-,61-,62-/m0/s1. The van der Waals surface area contributed by atoms with Crippen LogP contribution in [-0.2, 0) is 86.4 Å². The maximum Gasteiger partial charge on any atom is 0.245 e. The van der Waals surface area contributed by atoms with E-state index < -0.39 is 186 Å². The Kier molecular flexibility index (Phi) is 35.4. The summed E-state index contributed by atoms with van der Waals surface area (Å²) in [5.41, 5.74) is 31.6. The van der Waals surface area contributed by atoms with Crippen LogP contribution in [0.1, 0.15) is 116 Å². The van der Waals surface area contributed by atoms with Crippen molar-refractivity contribution in [2.24, 2.45) is 45.5 Å². The highest BCUT2D eigenvalue weighted by molar-refractivity contribution is 8.00. The predicted molar refractivity (Wildman–Crippen MR) is 412 cm³/mol. The summed E-state index contributed by atoms with van der Waals surface area (Å²) in [6, 6.07) is 6.11. The number of aliphatic imine (C=N–C) groups is 1. The number of aliphatic hydroxyl groups is 1. The van der Waals surface area contributed by atoms with E-state index in [4.69, 9.17) is 28.7 Å². The molecule has 3 heterocycles. The Bertz CT molecular complexity index is 4040. The molecule has 0 unspecified atom stereocenters. The molecule has 1 saturated heterocycles. The minimum Gasteiger partial charge on any atom is -0.394 e. The van der Waals surface area contributed by atoms with Crippen LogP contribution in [0.5, 0.6) is 0 Å². The van der Waals surface area contributed by atoms with Crippen molar-refractivity contribution in [2.75, 3.05) is 37.7 Å². The summed E-state index contributed by atoms with van der Waals surface area (Å²) in [6.45, 7) is 6.65. The minimum absolute atomic E-state index is 0.0128. The van der Waals surface area contributed by atoms with Crippen LogP contribution in [0.25, 0.3) is 21.8 Å². The Balaban J connectivity index is 1.41. The summed E-state index contributed by atoms with van der Waals surface area (Å²) in [5.74, 6) is -15.6. The quantitative estimate of drug-likeness (QED) is 0.0170. The topological polar surface area (TPSA) is 578 Å². The van der Waals surface area contributed by atoms with Crippen molar-refractivity contribution in [3.63, 3.8) is 0 Å². The maximum absolute atomic E-state index is 15.1. The molecule has 36 heteroatoms. The lowest BCUT2D eigenvalue weighted by molar-refractivity contribution is -0.136. The van der Waals surface area contributed by atoms with Gasteiger partial charge in [-0.25, -0.2) is 0 Å². The van der Waals surface area contributed by atoms with E-state index in [-0.39, 0.29) is 82.6 Å². The van der Waals surface area contributed by atoms with E-state index in [1.165, 1.54) is 0 Å². The minimum atomic E-state index is -1.85.